The highest BCUT2D eigenvalue weighted by Gasteiger charge is 2.35. The fourth-order valence-electron chi connectivity index (χ4n) is 2.57. The number of benzene rings is 1. The summed E-state index contributed by atoms with van der Waals surface area (Å²) in [6.07, 6.45) is 0.904. The number of para-hydroxylation sites is 1. The number of hydrogen-bond acceptors (Lipinski definition) is 3. The summed E-state index contributed by atoms with van der Waals surface area (Å²) in [7, 11) is 0. The molecule has 17 heavy (non-hydrogen) atoms. The quantitative estimate of drug-likeness (QED) is 0.776. The first-order valence-corrected chi connectivity index (χ1v) is 6.02. The monoisotopic (exact) mass is 232 g/mol. The molecule has 0 unspecified atom stereocenters. The Labute approximate surface area is 100 Å². The van der Waals surface area contributed by atoms with Crippen LogP contribution in [0.25, 0.3) is 0 Å². The molecule has 2 atom stereocenters. The van der Waals surface area contributed by atoms with Gasteiger partial charge in [0.15, 0.2) is 0 Å². The van der Waals surface area contributed by atoms with Gasteiger partial charge in [-0.05, 0) is 12.5 Å². The second-order valence-electron chi connectivity index (χ2n) is 4.73. The van der Waals surface area contributed by atoms with Gasteiger partial charge in [-0.25, -0.2) is 0 Å². The van der Waals surface area contributed by atoms with E-state index in [9.17, 15) is 4.79 Å². The minimum atomic E-state index is -0.142. The van der Waals surface area contributed by atoms with Crippen molar-refractivity contribution in [3.05, 3.63) is 29.8 Å². The summed E-state index contributed by atoms with van der Waals surface area (Å²) in [5, 5.41) is 0. The van der Waals surface area contributed by atoms with E-state index in [1.807, 2.05) is 29.2 Å². The molecule has 2 aliphatic heterocycles. The van der Waals surface area contributed by atoms with Gasteiger partial charge in [0, 0.05) is 24.7 Å². The second kappa shape index (κ2) is 4.04. The molecule has 0 spiro atoms. The largest absolute Gasteiger partial charge is 0.492 e. The highest BCUT2D eigenvalue weighted by Crippen LogP contribution is 2.35. The third-order valence-corrected chi connectivity index (χ3v) is 3.53. The molecule has 2 N–H and O–H groups in total. The SMILES string of the molecule is N[C@H]1CCN(C(=O)[C@H]2COc3ccccc32)C1. The number of amides is 1. The fourth-order valence-corrected chi connectivity index (χ4v) is 2.57. The molecule has 90 valence electrons. The molecule has 1 aromatic rings. The molecule has 0 aromatic heterocycles. The average molecular weight is 232 g/mol. The Hall–Kier alpha value is -1.55. The van der Waals surface area contributed by atoms with E-state index in [0.29, 0.717) is 13.2 Å². The molecule has 3 rings (SSSR count). The number of nitrogens with two attached hydrogens (primary N) is 1. The van der Waals surface area contributed by atoms with Gasteiger partial charge >= 0.3 is 0 Å². The van der Waals surface area contributed by atoms with E-state index in [4.69, 9.17) is 10.5 Å². The molecule has 2 heterocycles. The standard InChI is InChI=1S/C13H16N2O2/c14-9-5-6-15(7-9)13(16)11-8-17-12-4-2-1-3-10(11)12/h1-4,9,11H,5-8,14H2/t9-,11-/m0/s1. The second-order valence-corrected chi connectivity index (χ2v) is 4.73. The smallest absolute Gasteiger partial charge is 0.233 e. The highest BCUT2D eigenvalue weighted by atomic mass is 16.5. The zero-order valence-electron chi connectivity index (χ0n) is 9.63. The molecule has 1 saturated heterocycles. The number of hydrogen-bond donors (Lipinski definition) is 1. The van der Waals surface area contributed by atoms with E-state index in [-0.39, 0.29) is 17.9 Å². The van der Waals surface area contributed by atoms with Crippen molar-refractivity contribution < 1.29 is 9.53 Å². The van der Waals surface area contributed by atoms with E-state index in [1.165, 1.54) is 0 Å². The van der Waals surface area contributed by atoms with Gasteiger partial charge in [-0.2, -0.15) is 0 Å². The Morgan fingerprint density at radius 2 is 2.24 bits per heavy atom. The summed E-state index contributed by atoms with van der Waals surface area (Å²) in [5.74, 6) is 0.855. The minimum Gasteiger partial charge on any atom is -0.492 e. The maximum Gasteiger partial charge on any atom is 0.233 e. The molecule has 0 saturated carbocycles. The first-order valence-electron chi connectivity index (χ1n) is 6.02. The molecule has 0 radical (unpaired) electrons. The van der Waals surface area contributed by atoms with Crippen molar-refractivity contribution in [3.8, 4) is 5.75 Å². The van der Waals surface area contributed by atoms with Gasteiger partial charge in [0.2, 0.25) is 5.91 Å². The lowest BCUT2D eigenvalue weighted by Crippen LogP contribution is -2.35. The van der Waals surface area contributed by atoms with Crippen LogP contribution in [0.3, 0.4) is 0 Å². The van der Waals surface area contributed by atoms with Crippen molar-refractivity contribution in [2.45, 2.75) is 18.4 Å². The third-order valence-electron chi connectivity index (χ3n) is 3.53. The van der Waals surface area contributed by atoms with Crippen molar-refractivity contribution in [2.24, 2.45) is 5.73 Å². The van der Waals surface area contributed by atoms with Crippen LogP contribution in [0.5, 0.6) is 5.75 Å². The minimum absolute atomic E-state index is 0.136. The number of likely N-dealkylation sites (tertiary alicyclic amines) is 1. The molecule has 1 aromatic carbocycles. The van der Waals surface area contributed by atoms with E-state index in [2.05, 4.69) is 0 Å². The van der Waals surface area contributed by atoms with E-state index >= 15 is 0 Å². The van der Waals surface area contributed by atoms with E-state index in [0.717, 1.165) is 24.3 Å². The van der Waals surface area contributed by atoms with Crippen LogP contribution in [0.15, 0.2) is 24.3 Å². The number of carbonyl (C=O) groups is 1. The van der Waals surface area contributed by atoms with Crippen molar-refractivity contribution in [3.63, 3.8) is 0 Å². The number of ether oxygens (including phenoxy) is 1. The van der Waals surface area contributed by atoms with Crippen molar-refractivity contribution in [2.75, 3.05) is 19.7 Å². The lowest BCUT2D eigenvalue weighted by Gasteiger charge is -2.19. The van der Waals surface area contributed by atoms with Crippen molar-refractivity contribution in [1.29, 1.82) is 0 Å². The first-order chi connectivity index (χ1) is 8.25. The van der Waals surface area contributed by atoms with Gasteiger partial charge in [0.25, 0.3) is 0 Å². The van der Waals surface area contributed by atoms with Gasteiger partial charge < -0.3 is 15.4 Å². The van der Waals surface area contributed by atoms with Gasteiger partial charge in [-0.3, -0.25) is 4.79 Å². The van der Waals surface area contributed by atoms with Crippen LogP contribution in [0.4, 0.5) is 0 Å². The maximum atomic E-state index is 12.3. The van der Waals surface area contributed by atoms with E-state index < -0.39 is 0 Å². The molecule has 0 aliphatic carbocycles. The van der Waals surface area contributed by atoms with Crippen molar-refractivity contribution in [1.82, 2.24) is 4.90 Å². The van der Waals surface area contributed by atoms with Crippen LogP contribution in [0.1, 0.15) is 17.9 Å². The number of nitrogens with zero attached hydrogens (tertiary/aromatic N) is 1. The normalized spacial score (nSPS) is 26.8. The molecule has 4 nitrogen and oxygen atoms in total. The first kappa shape index (κ1) is 10.6. The third kappa shape index (κ3) is 1.78. The van der Waals surface area contributed by atoms with E-state index in [1.54, 1.807) is 0 Å². The Morgan fingerprint density at radius 1 is 1.41 bits per heavy atom. The zero-order valence-corrected chi connectivity index (χ0v) is 9.63. The highest BCUT2D eigenvalue weighted by molar-refractivity contribution is 5.85. The topological polar surface area (TPSA) is 55.6 Å². The molecular formula is C13H16N2O2. The Kier molecular flexibility index (Phi) is 2.52. The van der Waals surface area contributed by atoms with Gasteiger partial charge in [-0.1, -0.05) is 18.2 Å². The Balaban J connectivity index is 1.80. The Bertz CT molecular complexity index is 447. The van der Waals surface area contributed by atoms with Crippen LogP contribution in [0, 0.1) is 0 Å². The summed E-state index contributed by atoms with van der Waals surface area (Å²) in [4.78, 5) is 14.2. The van der Waals surface area contributed by atoms with Crippen LogP contribution in [-0.4, -0.2) is 36.5 Å². The molecule has 4 heteroatoms. The number of fused-ring (bicyclic) bond motifs is 1. The number of rotatable bonds is 1. The molecule has 1 amide bonds. The van der Waals surface area contributed by atoms with Crippen LogP contribution in [0.2, 0.25) is 0 Å². The summed E-state index contributed by atoms with van der Waals surface area (Å²) >= 11 is 0. The fraction of sp³-hybridized carbons (Fsp3) is 0.462. The predicted octanol–water partition coefficient (Wildman–Crippen LogP) is 0.722. The lowest BCUT2D eigenvalue weighted by atomic mass is 10.00. The van der Waals surface area contributed by atoms with Crippen LogP contribution >= 0.6 is 0 Å². The summed E-state index contributed by atoms with van der Waals surface area (Å²) in [6.45, 7) is 1.92. The average Bonchev–Trinajstić information content (AvgIpc) is 2.94. The Morgan fingerprint density at radius 3 is 3.00 bits per heavy atom. The number of carbonyl (C=O) groups excluding carboxylic acids is 1. The predicted molar refractivity (Wildman–Crippen MR) is 63.9 cm³/mol. The zero-order chi connectivity index (χ0) is 11.8. The molecule has 2 aliphatic rings. The van der Waals surface area contributed by atoms with Crippen LogP contribution < -0.4 is 10.5 Å². The lowest BCUT2D eigenvalue weighted by molar-refractivity contribution is -0.132. The summed E-state index contributed by atoms with van der Waals surface area (Å²) in [5.41, 5.74) is 6.84. The van der Waals surface area contributed by atoms with Crippen molar-refractivity contribution >= 4 is 5.91 Å². The summed E-state index contributed by atoms with van der Waals surface area (Å²) < 4.78 is 5.54. The molecular weight excluding hydrogens is 216 g/mol. The van der Waals surface area contributed by atoms with Crippen LogP contribution in [-0.2, 0) is 4.79 Å². The summed E-state index contributed by atoms with van der Waals surface area (Å²) in [6, 6.07) is 7.90. The van der Waals surface area contributed by atoms with Gasteiger partial charge in [0.05, 0.1) is 0 Å². The molecule has 0 bridgehead atoms. The molecule has 1 fully saturated rings. The van der Waals surface area contributed by atoms with Gasteiger partial charge in [-0.15, -0.1) is 0 Å². The van der Waals surface area contributed by atoms with Gasteiger partial charge in [0.1, 0.15) is 18.3 Å². The maximum absolute atomic E-state index is 12.3.